The third-order valence-electron chi connectivity index (χ3n) is 4.74. The Labute approximate surface area is 177 Å². The summed E-state index contributed by atoms with van der Waals surface area (Å²) in [4.78, 5) is 27.0. The quantitative estimate of drug-likeness (QED) is 0.629. The first-order chi connectivity index (χ1) is 14.4. The lowest BCUT2D eigenvalue weighted by Gasteiger charge is -2.19. The Morgan fingerprint density at radius 2 is 1.63 bits per heavy atom. The van der Waals surface area contributed by atoms with Gasteiger partial charge in [0.2, 0.25) is 0 Å². The van der Waals surface area contributed by atoms with E-state index < -0.39 is 0 Å². The summed E-state index contributed by atoms with van der Waals surface area (Å²) >= 11 is 0. The number of para-hydroxylation sites is 1. The average Bonchev–Trinajstić information content (AvgIpc) is 2.75. The van der Waals surface area contributed by atoms with E-state index in [2.05, 4.69) is 5.32 Å². The highest BCUT2D eigenvalue weighted by Crippen LogP contribution is 2.20. The van der Waals surface area contributed by atoms with E-state index in [0.717, 1.165) is 16.7 Å². The maximum Gasteiger partial charge on any atom is 0.262 e. The van der Waals surface area contributed by atoms with Crippen molar-refractivity contribution in [3.8, 4) is 5.75 Å². The number of hydrogen-bond donors (Lipinski definition) is 1. The van der Waals surface area contributed by atoms with Gasteiger partial charge in [-0.25, -0.2) is 0 Å². The molecule has 0 saturated carbocycles. The molecule has 0 radical (unpaired) electrons. The molecule has 3 rings (SSSR count). The number of rotatable bonds is 7. The van der Waals surface area contributed by atoms with Crippen molar-refractivity contribution in [3.63, 3.8) is 0 Å². The molecule has 0 aliphatic heterocycles. The van der Waals surface area contributed by atoms with Crippen LogP contribution < -0.4 is 10.1 Å². The molecule has 5 nitrogen and oxygen atoms in total. The zero-order valence-corrected chi connectivity index (χ0v) is 17.5. The summed E-state index contributed by atoms with van der Waals surface area (Å²) in [6, 6.07) is 22.6. The zero-order valence-electron chi connectivity index (χ0n) is 17.5. The second kappa shape index (κ2) is 9.74. The third kappa shape index (κ3) is 5.47. The van der Waals surface area contributed by atoms with E-state index >= 15 is 0 Å². The Morgan fingerprint density at radius 1 is 0.933 bits per heavy atom. The van der Waals surface area contributed by atoms with E-state index in [1.807, 2.05) is 62.4 Å². The van der Waals surface area contributed by atoms with Crippen molar-refractivity contribution < 1.29 is 14.3 Å². The SMILES string of the molecule is Cc1ccc(C)c(OCC(=O)Nc2ccccc2C(=O)N(C)Cc2ccccc2)c1. The van der Waals surface area contributed by atoms with E-state index in [9.17, 15) is 9.59 Å². The van der Waals surface area contributed by atoms with Crippen LogP contribution >= 0.6 is 0 Å². The number of ether oxygens (including phenoxy) is 1. The molecule has 2 amide bonds. The first-order valence-electron chi connectivity index (χ1n) is 9.82. The van der Waals surface area contributed by atoms with Crippen LogP contribution in [0.4, 0.5) is 5.69 Å². The van der Waals surface area contributed by atoms with Crippen LogP contribution in [0.2, 0.25) is 0 Å². The summed E-state index contributed by atoms with van der Waals surface area (Å²) in [5.74, 6) is 0.198. The van der Waals surface area contributed by atoms with Gasteiger partial charge in [0.1, 0.15) is 5.75 Å². The lowest BCUT2D eigenvalue weighted by Crippen LogP contribution is -2.28. The fourth-order valence-electron chi connectivity index (χ4n) is 3.11. The molecule has 0 atom stereocenters. The molecule has 0 aromatic heterocycles. The molecule has 0 fully saturated rings. The van der Waals surface area contributed by atoms with Crippen LogP contribution in [0.25, 0.3) is 0 Å². The highest BCUT2D eigenvalue weighted by molar-refractivity contribution is 6.03. The van der Waals surface area contributed by atoms with E-state index in [1.54, 1.807) is 36.2 Å². The standard InChI is InChI=1S/C25H26N2O3/c1-18-13-14-19(2)23(15-18)30-17-24(28)26-22-12-8-7-11-21(22)25(29)27(3)16-20-9-5-4-6-10-20/h4-15H,16-17H2,1-3H3,(H,26,28). The van der Waals surface area contributed by atoms with Gasteiger partial charge in [-0.15, -0.1) is 0 Å². The van der Waals surface area contributed by atoms with E-state index in [-0.39, 0.29) is 18.4 Å². The van der Waals surface area contributed by atoms with Crippen LogP contribution in [-0.4, -0.2) is 30.4 Å². The Kier molecular flexibility index (Phi) is 6.86. The first-order valence-corrected chi connectivity index (χ1v) is 9.82. The molecular weight excluding hydrogens is 376 g/mol. The minimum atomic E-state index is -0.318. The number of carbonyl (C=O) groups is 2. The molecule has 0 aliphatic rings. The van der Waals surface area contributed by atoms with Crippen LogP contribution in [0.5, 0.6) is 5.75 Å². The second-order valence-corrected chi connectivity index (χ2v) is 7.30. The topological polar surface area (TPSA) is 58.6 Å². The molecule has 0 unspecified atom stereocenters. The number of anilines is 1. The smallest absolute Gasteiger partial charge is 0.262 e. The molecule has 154 valence electrons. The third-order valence-corrected chi connectivity index (χ3v) is 4.74. The molecule has 5 heteroatoms. The van der Waals surface area contributed by atoms with Crippen LogP contribution in [0.1, 0.15) is 27.0 Å². The first kappa shape index (κ1) is 21.1. The van der Waals surface area contributed by atoms with Gasteiger partial charge in [-0.3, -0.25) is 9.59 Å². The fraction of sp³-hybridized carbons (Fsp3) is 0.200. The monoisotopic (exact) mass is 402 g/mol. The van der Waals surface area contributed by atoms with E-state index in [1.165, 1.54) is 0 Å². The van der Waals surface area contributed by atoms with E-state index in [0.29, 0.717) is 23.5 Å². The predicted octanol–water partition coefficient (Wildman–Crippen LogP) is 4.59. The summed E-state index contributed by atoms with van der Waals surface area (Å²) in [6.45, 7) is 4.26. The minimum Gasteiger partial charge on any atom is -0.483 e. The molecule has 3 aromatic carbocycles. The van der Waals surface area contributed by atoms with Gasteiger partial charge in [-0.05, 0) is 48.7 Å². The lowest BCUT2D eigenvalue weighted by atomic mass is 10.1. The van der Waals surface area contributed by atoms with Gasteiger partial charge in [0, 0.05) is 13.6 Å². The van der Waals surface area contributed by atoms with Crippen molar-refractivity contribution in [1.29, 1.82) is 0 Å². The zero-order chi connectivity index (χ0) is 21.5. The largest absolute Gasteiger partial charge is 0.483 e. The maximum absolute atomic E-state index is 13.0. The Hall–Kier alpha value is -3.60. The van der Waals surface area contributed by atoms with Crippen LogP contribution in [0.15, 0.2) is 72.8 Å². The molecule has 0 aliphatic carbocycles. The summed E-state index contributed by atoms with van der Waals surface area (Å²) in [6.07, 6.45) is 0. The van der Waals surface area contributed by atoms with Gasteiger partial charge < -0.3 is 15.0 Å². The highest BCUT2D eigenvalue weighted by atomic mass is 16.5. The van der Waals surface area contributed by atoms with Crippen LogP contribution in [0.3, 0.4) is 0 Å². The number of aryl methyl sites for hydroxylation is 2. The van der Waals surface area contributed by atoms with Crippen LogP contribution in [0, 0.1) is 13.8 Å². The summed E-state index contributed by atoms with van der Waals surface area (Å²) in [5, 5.41) is 2.80. The highest BCUT2D eigenvalue weighted by Gasteiger charge is 2.17. The van der Waals surface area contributed by atoms with E-state index in [4.69, 9.17) is 4.74 Å². The van der Waals surface area contributed by atoms with Crippen LogP contribution in [-0.2, 0) is 11.3 Å². The summed E-state index contributed by atoms with van der Waals surface area (Å²) in [7, 11) is 1.75. The Balaban J connectivity index is 1.66. The molecule has 30 heavy (non-hydrogen) atoms. The lowest BCUT2D eigenvalue weighted by molar-refractivity contribution is -0.118. The van der Waals surface area contributed by atoms with Gasteiger partial charge in [-0.2, -0.15) is 0 Å². The van der Waals surface area contributed by atoms with Gasteiger partial charge in [0.05, 0.1) is 11.3 Å². The Morgan fingerprint density at radius 3 is 2.40 bits per heavy atom. The fourth-order valence-corrected chi connectivity index (χ4v) is 3.11. The molecule has 1 N–H and O–H groups in total. The normalized spacial score (nSPS) is 10.4. The molecule has 0 saturated heterocycles. The van der Waals surface area contributed by atoms with Crippen molar-refractivity contribution in [2.24, 2.45) is 0 Å². The Bertz CT molecular complexity index is 1030. The average molecular weight is 402 g/mol. The van der Waals surface area contributed by atoms with Crippen molar-refractivity contribution in [1.82, 2.24) is 4.90 Å². The molecule has 0 bridgehead atoms. The number of nitrogens with one attached hydrogen (secondary N) is 1. The molecule has 0 spiro atoms. The van der Waals surface area contributed by atoms with Gasteiger partial charge >= 0.3 is 0 Å². The number of benzene rings is 3. The predicted molar refractivity (Wildman–Crippen MR) is 119 cm³/mol. The number of carbonyl (C=O) groups excluding carboxylic acids is 2. The molecule has 0 heterocycles. The van der Waals surface area contributed by atoms with Gasteiger partial charge in [-0.1, -0.05) is 54.6 Å². The van der Waals surface area contributed by atoms with Crippen molar-refractivity contribution >= 4 is 17.5 Å². The maximum atomic E-state index is 13.0. The summed E-state index contributed by atoms with van der Waals surface area (Å²) < 4.78 is 5.67. The van der Waals surface area contributed by atoms with Crippen molar-refractivity contribution in [2.45, 2.75) is 20.4 Å². The van der Waals surface area contributed by atoms with Gasteiger partial charge in [0.15, 0.2) is 6.61 Å². The van der Waals surface area contributed by atoms with Gasteiger partial charge in [0.25, 0.3) is 11.8 Å². The van der Waals surface area contributed by atoms with Crippen molar-refractivity contribution in [2.75, 3.05) is 19.0 Å². The molecule has 3 aromatic rings. The number of nitrogens with zero attached hydrogens (tertiary/aromatic N) is 1. The second-order valence-electron chi connectivity index (χ2n) is 7.30. The number of amides is 2. The number of hydrogen-bond acceptors (Lipinski definition) is 3. The minimum absolute atomic E-state index is 0.132. The summed E-state index contributed by atoms with van der Waals surface area (Å²) in [5.41, 5.74) is 3.98. The molecular formula is C25H26N2O3. The van der Waals surface area contributed by atoms with Crippen molar-refractivity contribution in [3.05, 3.63) is 95.1 Å².